The molecule has 0 unspecified atom stereocenters. The number of ether oxygens (including phenoxy) is 1. The Bertz CT molecular complexity index is 1150. The molecule has 1 aliphatic heterocycles. The second-order valence-electron chi connectivity index (χ2n) is 7.40. The predicted molar refractivity (Wildman–Crippen MR) is 107 cm³/mol. The number of rotatable bonds is 5. The Morgan fingerprint density at radius 2 is 2.07 bits per heavy atom. The van der Waals surface area contributed by atoms with Gasteiger partial charge in [-0.25, -0.2) is 17.9 Å². The lowest BCUT2D eigenvalue weighted by molar-refractivity contribution is 0.0773. The second-order valence-corrected chi connectivity index (χ2v) is 10.5. The quantitative estimate of drug-likeness (QED) is 0.645. The van der Waals surface area contributed by atoms with E-state index in [4.69, 9.17) is 4.74 Å². The van der Waals surface area contributed by atoms with Crippen molar-refractivity contribution in [3.05, 3.63) is 28.9 Å². The minimum Gasteiger partial charge on any atom is -0.495 e. The van der Waals surface area contributed by atoms with E-state index in [0.717, 1.165) is 5.69 Å². The van der Waals surface area contributed by atoms with E-state index in [-0.39, 0.29) is 4.90 Å². The third-order valence-electron chi connectivity index (χ3n) is 4.83. The zero-order chi connectivity index (χ0) is 20.3. The van der Waals surface area contributed by atoms with Gasteiger partial charge in [0.25, 0.3) is 0 Å². The Morgan fingerprint density at radius 1 is 1.36 bits per heavy atom. The van der Waals surface area contributed by atoms with Crippen LogP contribution in [0.2, 0.25) is 0 Å². The molecule has 28 heavy (non-hydrogen) atoms. The van der Waals surface area contributed by atoms with E-state index in [2.05, 4.69) is 15.4 Å². The standard InChI is InChI=1S/C18H22N4O4S2/c1-10-15(22-17(20-10)27-16(21-22)18(2,3)23)11-5-6-13(26-4)14(7-11)28(24,25)12-8-19-9-12/h5-7,12,19,23H,8-9H2,1-4H3. The highest BCUT2D eigenvalue weighted by molar-refractivity contribution is 7.92. The van der Waals surface area contributed by atoms with Crippen LogP contribution in [0.5, 0.6) is 5.75 Å². The van der Waals surface area contributed by atoms with E-state index < -0.39 is 20.7 Å². The zero-order valence-corrected chi connectivity index (χ0v) is 17.7. The van der Waals surface area contributed by atoms with Crippen molar-refractivity contribution in [2.45, 2.75) is 36.5 Å². The molecular formula is C18H22N4O4S2. The fourth-order valence-corrected chi connectivity index (χ4v) is 5.84. The van der Waals surface area contributed by atoms with Crippen LogP contribution in [0.25, 0.3) is 16.2 Å². The number of nitrogens with zero attached hydrogens (tertiary/aromatic N) is 3. The summed E-state index contributed by atoms with van der Waals surface area (Å²) >= 11 is 1.31. The van der Waals surface area contributed by atoms with Crippen LogP contribution in [0.1, 0.15) is 24.5 Å². The van der Waals surface area contributed by atoms with Crippen molar-refractivity contribution < 1.29 is 18.3 Å². The van der Waals surface area contributed by atoms with E-state index >= 15 is 0 Å². The van der Waals surface area contributed by atoms with Gasteiger partial charge in [-0.2, -0.15) is 5.10 Å². The number of imidazole rings is 1. The molecule has 8 nitrogen and oxygen atoms in total. The lowest BCUT2D eigenvalue weighted by atomic mass is 10.1. The number of aryl methyl sites for hydroxylation is 1. The number of aromatic nitrogens is 3. The van der Waals surface area contributed by atoms with Crippen molar-refractivity contribution >= 4 is 26.1 Å². The molecule has 0 bridgehead atoms. The molecule has 0 amide bonds. The van der Waals surface area contributed by atoms with Gasteiger partial charge in [0.05, 0.1) is 23.7 Å². The van der Waals surface area contributed by atoms with Gasteiger partial charge in [0.15, 0.2) is 9.84 Å². The van der Waals surface area contributed by atoms with E-state index in [1.54, 1.807) is 36.6 Å². The number of sulfone groups is 1. The van der Waals surface area contributed by atoms with Gasteiger partial charge in [0.1, 0.15) is 21.3 Å². The van der Waals surface area contributed by atoms with Crippen LogP contribution >= 0.6 is 11.3 Å². The number of hydrogen-bond donors (Lipinski definition) is 2. The Kier molecular flexibility index (Phi) is 4.49. The molecule has 10 heteroatoms. The molecule has 0 aliphatic carbocycles. The van der Waals surface area contributed by atoms with Crippen LogP contribution in [0.3, 0.4) is 0 Å². The summed E-state index contributed by atoms with van der Waals surface area (Å²) in [6.45, 7) is 6.07. The predicted octanol–water partition coefficient (Wildman–Crippen LogP) is 1.75. The summed E-state index contributed by atoms with van der Waals surface area (Å²) in [5, 5.41) is 17.9. The largest absolute Gasteiger partial charge is 0.495 e. The van der Waals surface area contributed by atoms with Crippen LogP contribution in [-0.4, -0.2) is 53.6 Å². The number of fused-ring (bicyclic) bond motifs is 1. The zero-order valence-electron chi connectivity index (χ0n) is 16.1. The van der Waals surface area contributed by atoms with Gasteiger partial charge in [-0.15, -0.1) is 0 Å². The number of nitrogens with one attached hydrogen (secondary N) is 1. The maximum atomic E-state index is 13.0. The molecule has 3 aromatic rings. The molecule has 3 heterocycles. The Morgan fingerprint density at radius 3 is 2.64 bits per heavy atom. The summed E-state index contributed by atoms with van der Waals surface area (Å²) in [6, 6.07) is 5.10. The van der Waals surface area contributed by atoms with Gasteiger partial charge in [-0.1, -0.05) is 11.3 Å². The normalized spacial score (nSPS) is 15.8. The first-order chi connectivity index (χ1) is 13.1. The first kappa shape index (κ1) is 19.3. The summed E-state index contributed by atoms with van der Waals surface area (Å²) in [5.74, 6) is 0.324. The molecule has 0 saturated carbocycles. The average molecular weight is 423 g/mol. The number of hydrogen-bond acceptors (Lipinski definition) is 8. The van der Waals surface area contributed by atoms with Gasteiger partial charge in [0, 0.05) is 18.7 Å². The van der Waals surface area contributed by atoms with Crippen molar-refractivity contribution in [3.8, 4) is 17.0 Å². The van der Waals surface area contributed by atoms with Crippen molar-refractivity contribution in [2.24, 2.45) is 0 Å². The second kappa shape index (κ2) is 6.51. The highest BCUT2D eigenvalue weighted by Gasteiger charge is 2.35. The van der Waals surface area contributed by atoms with Gasteiger partial charge < -0.3 is 15.2 Å². The lowest BCUT2D eigenvalue weighted by Gasteiger charge is -2.27. The van der Waals surface area contributed by atoms with E-state index in [9.17, 15) is 13.5 Å². The first-order valence-electron chi connectivity index (χ1n) is 8.85. The monoisotopic (exact) mass is 422 g/mol. The van der Waals surface area contributed by atoms with E-state index in [0.29, 0.717) is 40.1 Å². The Labute approximate surface area is 167 Å². The summed E-state index contributed by atoms with van der Waals surface area (Å²) in [6.07, 6.45) is 0. The maximum absolute atomic E-state index is 13.0. The minimum atomic E-state index is -3.52. The van der Waals surface area contributed by atoms with Crippen LogP contribution in [0.15, 0.2) is 23.1 Å². The SMILES string of the molecule is COc1ccc(-c2c(C)nc3sc(C(C)(C)O)nn23)cc1S(=O)(=O)C1CNC1. The summed E-state index contributed by atoms with van der Waals surface area (Å²) < 4.78 is 33.0. The third-order valence-corrected chi connectivity index (χ3v) is 8.19. The lowest BCUT2D eigenvalue weighted by Crippen LogP contribution is -2.51. The minimum absolute atomic E-state index is 0.172. The molecule has 1 aliphatic rings. The highest BCUT2D eigenvalue weighted by atomic mass is 32.2. The highest BCUT2D eigenvalue weighted by Crippen LogP contribution is 2.36. The Hall–Kier alpha value is -2.01. The number of aliphatic hydroxyl groups is 1. The molecule has 1 fully saturated rings. The topological polar surface area (TPSA) is 106 Å². The third kappa shape index (κ3) is 3.00. The first-order valence-corrected chi connectivity index (χ1v) is 11.2. The van der Waals surface area contributed by atoms with E-state index in [1.807, 2.05) is 6.92 Å². The van der Waals surface area contributed by atoms with Crippen molar-refractivity contribution in [3.63, 3.8) is 0 Å². The van der Waals surface area contributed by atoms with Crippen molar-refractivity contribution in [2.75, 3.05) is 20.2 Å². The molecule has 4 rings (SSSR count). The number of benzene rings is 1. The summed E-state index contributed by atoms with van der Waals surface area (Å²) in [5.41, 5.74) is 1.04. The van der Waals surface area contributed by atoms with E-state index in [1.165, 1.54) is 18.4 Å². The molecule has 0 radical (unpaired) electrons. The van der Waals surface area contributed by atoms with Crippen molar-refractivity contribution in [1.82, 2.24) is 19.9 Å². The summed E-state index contributed by atoms with van der Waals surface area (Å²) in [7, 11) is -2.05. The van der Waals surface area contributed by atoms with Crippen LogP contribution in [0, 0.1) is 6.92 Å². The molecule has 150 valence electrons. The molecule has 0 atom stereocenters. The van der Waals surface area contributed by atoms with Crippen LogP contribution in [-0.2, 0) is 15.4 Å². The molecule has 2 N–H and O–H groups in total. The molecule has 2 aromatic heterocycles. The van der Waals surface area contributed by atoms with Gasteiger partial charge in [-0.05, 0) is 39.0 Å². The fraction of sp³-hybridized carbons (Fsp3) is 0.444. The molecule has 0 spiro atoms. The average Bonchev–Trinajstić information content (AvgIpc) is 3.08. The fourth-order valence-electron chi connectivity index (χ4n) is 3.14. The molecule has 1 saturated heterocycles. The summed E-state index contributed by atoms with van der Waals surface area (Å²) in [4.78, 5) is 5.36. The van der Waals surface area contributed by atoms with Crippen molar-refractivity contribution in [1.29, 1.82) is 0 Å². The Balaban J connectivity index is 1.89. The van der Waals surface area contributed by atoms with Crippen LogP contribution < -0.4 is 10.1 Å². The van der Waals surface area contributed by atoms with Crippen LogP contribution in [0.4, 0.5) is 0 Å². The van der Waals surface area contributed by atoms with Gasteiger partial charge in [-0.3, -0.25) is 0 Å². The molecule has 1 aromatic carbocycles. The molecular weight excluding hydrogens is 400 g/mol. The number of methoxy groups -OCH3 is 1. The van der Waals surface area contributed by atoms with Gasteiger partial charge in [0.2, 0.25) is 4.96 Å². The maximum Gasteiger partial charge on any atom is 0.213 e. The van der Waals surface area contributed by atoms with Gasteiger partial charge >= 0.3 is 0 Å². The smallest absolute Gasteiger partial charge is 0.213 e.